The summed E-state index contributed by atoms with van der Waals surface area (Å²) >= 11 is 3.53. The Morgan fingerprint density at radius 3 is 2.67 bits per heavy atom. The summed E-state index contributed by atoms with van der Waals surface area (Å²) in [6, 6.07) is 0. The summed E-state index contributed by atoms with van der Waals surface area (Å²) in [5, 5.41) is 4.19. The van der Waals surface area contributed by atoms with E-state index < -0.39 is 0 Å². The molecule has 6 nitrogen and oxygen atoms in total. The summed E-state index contributed by atoms with van der Waals surface area (Å²) in [6.07, 6.45) is 8.96. The van der Waals surface area contributed by atoms with Gasteiger partial charge in [0.15, 0.2) is 5.82 Å². The normalized spacial score (nSPS) is 23.7. The minimum absolute atomic E-state index is 0.0971. The number of piperidine rings is 1. The molecule has 1 atom stereocenters. The summed E-state index contributed by atoms with van der Waals surface area (Å²) in [6.45, 7) is 1.66. The van der Waals surface area contributed by atoms with E-state index in [9.17, 15) is 4.39 Å². The molecule has 0 N–H and O–H groups in total. The Bertz CT molecular complexity index is 873. The van der Waals surface area contributed by atoms with Crippen molar-refractivity contribution in [2.75, 3.05) is 18.0 Å². The highest BCUT2D eigenvalue weighted by molar-refractivity contribution is 9.09. The van der Waals surface area contributed by atoms with Crippen LogP contribution in [0.25, 0.3) is 6.08 Å². The first-order valence-corrected chi connectivity index (χ1v) is 10.5. The second-order valence-corrected chi connectivity index (χ2v) is 8.74. The quantitative estimate of drug-likeness (QED) is 0.655. The zero-order chi connectivity index (χ0) is 18.4. The summed E-state index contributed by atoms with van der Waals surface area (Å²) in [5.41, 5.74) is 1.66. The van der Waals surface area contributed by atoms with Crippen molar-refractivity contribution < 1.29 is 8.91 Å². The maximum Gasteiger partial charge on any atom is 0.229 e. The molecule has 1 aliphatic heterocycles. The van der Waals surface area contributed by atoms with Gasteiger partial charge in [0.05, 0.1) is 10.5 Å². The van der Waals surface area contributed by atoms with Gasteiger partial charge in [-0.25, -0.2) is 14.4 Å². The van der Waals surface area contributed by atoms with Gasteiger partial charge in [0.25, 0.3) is 0 Å². The summed E-state index contributed by atoms with van der Waals surface area (Å²) in [7, 11) is 0. The van der Waals surface area contributed by atoms with Gasteiger partial charge in [0, 0.05) is 36.9 Å². The fourth-order valence-corrected chi connectivity index (χ4v) is 4.78. The molecule has 2 fully saturated rings. The Morgan fingerprint density at radius 1 is 1.11 bits per heavy atom. The van der Waals surface area contributed by atoms with Crippen molar-refractivity contribution in [3.63, 3.8) is 0 Å². The largest absolute Gasteiger partial charge is 0.356 e. The first-order valence-electron chi connectivity index (χ1n) is 9.62. The van der Waals surface area contributed by atoms with Crippen LogP contribution in [0.4, 0.5) is 10.2 Å². The van der Waals surface area contributed by atoms with E-state index in [1.807, 2.05) is 0 Å². The monoisotopic (exact) mass is 433 g/mol. The maximum atomic E-state index is 14.0. The standard InChI is InChI=1S/C19H21BrFN5O/c20-15-9-13(21)8-14-16(15)22-10-23-18(14)26-6-4-12(5-7-26)19-24-17(25-27-19)11-2-1-3-11/h8,10-12,15H,1-7,9H2. The number of allylic oxidation sites excluding steroid dienone is 1. The molecule has 2 aromatic heterocycles. The first kappa shape index (κ1) is 17.3. The molecule has 0 spiro atoms. The molecule has 1 saturated carbocycles. The van der Waals surface area contributed by atoms with Crippen LogP contribution in [0, 0.1) is 0 Å². The fourth-order valence-electron chi connectivity index (χ4n) is 4.11. The van der Waals surface area contributed by atoms with E-state index in [1.54, 1.807) is 12.4 Å². The molecule has 2 aromatic rings. The van der Waals surface area contributed by atoms with Gasteiger partial charge in [0.1, 0.15) is 18.0 Å². The average molecular weight is 434 g/mol. The van der Waals surface area contributed by atoms with E-state index in [1.165, 1.54) is 19.3 Å². The molecule has 3 heterocycles. The third-order valence-corrected chi connectivity index (χ3v) is 6.69. The summed E-state index contributed by atoms with van der Waals surface area (Å²) in [4.78, 5) is 15.6. The topological polar surface area (TPSA) is 67.9 Å². The molecular formula is C19H21BrFN5O. The van der Waals surface area contributed by atoms with Crippen LogP contribution in [0.15, 0.2) is 16.7 Å². The zero-order valence-electron chi connectivity index (χ0n) is 14.9. The number of halogens is 2. The zero-order valence-corrected chi connectivity index (χ0v) is 16.5. The molecule has 0 radical (unpaired) electrons. The molecule has 8 heteroatoms. The predicted octanol–water partition coefficient (Wildman–Crippen LogP) is 4.66. The van der Waals surface area contributed by atoms with Gasteiger partial charge < -0.3 is 9.42 Å². The second kappa shape index (κ2) is 6.96. The molecule has 0 bridgehead atoms. The summed E-state index contributed by atoms with van der Waals surface area (Å²) in [5.74, 6) is 3.12. The van der Waals surface area contributed by atoms with Gasteiger partial charge in [0.2, 0.25) is 5.89 Å². The van der Waals surface area contributed by atoms with Crippen LogP contribution >= 0.6 is 15.9 Å². The first-order chi connectivity index (χ1) is 13.2. The lowest BCUT2D eigenvalue weighted by atomic mass is 9.85. The number of rotatable bonds is 3. The van der Waals surface area contributed by atoms with Crippen molar-refractivity contribution in [2.45, 2.75) is 55.2 Å². The third-order valence-electron chi connectivity index (χ3n) is 5.94. The Balaban J connectivity index is 1.31. The van der Waals surface area contributed by atoms with Crippen molar-refractivity contribution in [2.24, 2.45) is 0 Å². The minimum atomic E-state index is -0.135. The number of hydrogen-bond acceptors (Lipinski definition) is 6. The predicted molar refractivity (Wildman–Crippen MR) is 102 cm³/mol. The van der Waals surface area contributed by atoms with Crippen LogP contribution < -0.4 is 4.90 Å². The smallest absolute Gasteiger partial charge is 0.229 e. The number of fused-ring (bicyclic) bond motifs is 1. The molecule has 142 valence electrons. The van der Waals surface area contributed by atoms with Gasteiger partial charge >= 0.3 is 0 Å². The Morgan fingerprint density at radius 2 is 1.93 bits per heavy atom. The Labute approximate surface area is 165 Å². The van der Waals surface area contributed by atoms with Gasteiger partial charge in [-0.05, 0) is 31.8 Å². The van der Waals surface area contributed by atoms with Gasteiger partial charge in [-0.3, -0.25) is 0 Å². The van der Waals surface area contributed by atoms with Crippen LogP contribution in [-0.2, 0) is 0 Å². The van der Waals surface area contributed by atoms with Gasteiger partial charge in [-0.1, -0.05) is 27.5 Å². The van der Waals surface area contributed by atoms with E-state index >= 15 is 0 Å². The number of aromatic nitrogens is 4. The SMILES string of the molecule is FC1=Cc2c(ncnc2N2CCC(c3nc(C4CCC4)no3)CC2)C(Br)C1. The van der Waals surface area contributed by atoms with Crippen molar-refractivity contribution in [1.82, 2.24) is 20.1 Å². The van der Waals surface area contributed by atoms with E-state index in [-0.39, 0.29) is 16.6 Å². The molecule has 2 aliphatic carbocycles. The number of anilines is 1. The van der Waals surface area contributed by atoms with Crippen molar-refractivity contribution in [3.05, 3.63) is 35.1 Å². The molecule has 1 unspecified atom stereocenters. The number of nitrogens with zero attached hydrogens (tertiary/aromatic N) is 5. The highest BCUT2D eigenvalue weighted by Gasteiger charge is 2.31. The van der Waals surface area contributed by atoms with Crippen LogP contribution in [0.5, 0.6) is 0 Å². The minimum Gasteiger partial charge on any atom is -0.356 e. The van der Waals surface area contributed by atoms with Crippen LogP contribution in [-0.4, -0.2) is 33.2 Å². The van der Waals surface area contributed by atoms with Crippen molar-refractivity contribution in [1.29, 1.82) is 0 Å². The fraction of sp³-hybridized carbons (Fsp3) is 0.579. The average Bonchev–Trinajstić information content (AvgIpc) is 3.09. The molecule has 1 saturated heterocycles. The van der Waals surface area contributed by atoms with E-state index in [0.29, 0.717) is 12.3 Å². The summed E-state index contributed by atoms with van der Waals surface area (Å²) < 4.78 is 19.5. The molecule has 27 heavy (non-hydrogen) atoms. The van der Waals surface area contributed by atoms with Gasteiger partial charge in [-0.2, -0.15) is 4.98 Å². The lowest BCUT2D eigenvalue weighted by Gasteiger charge is -2.33. The second-order valence-electron chi connectivity index (χ2n) is 7.64. The molecule has 5 rings (SSSR count). The van der Waals surface area contributed by atoms with E-state index in [2.05, 4.69) is 40.9 Å². The van der Waals surface area contributed by atoms with Crippen molar-refractivity contribution >= 4 is 27.8 Å². The van der Waals surface area contributed by atoms with Crippen LogP contribution in [0.2, 0.25) is 0 Å². The van der Waals surface area contributed by atoms with Crippen LogP contribution in [0.1, 0.15) is 78.2 Å². The van der Waals surface area contributed by atoms with Crippen molar-refractivity contribution in [3.8, 4) is 0 Å². The number of alkyl halides is 1. The number of hydrogen-bond donors (Lipinski definition) is 0. The van der Waals surface area contributed by atoms with Gasteiger partial charge in [-0.15, -0.1) is 0 Å². The molecule has 3 aliphatic rings. The highest BCUT2D eigenvalue weighted by atomic mass is 79.9. The van der Waals surface area contributed by atoms with E-state index in [0.717, 1.165) is 54.7 Å². The lowest BCUT2D eigenvalue weighted by Crippen LogP contribution is -2.34. The molecule has 0 aromatic carbocycles. The maximum absolute atomic E-state index is 14.0. The van der Waals surface area contributed by atoms with Crippen LogP contribution in [0.3, 0.4) is 0 Å². The Kier molecular flexibility index (Phi) is 4.46. The highest BCUT2D eigenvalue weighted by Crippen LogP contribution is 2.41. The molecule has 0 amide bonds. The lowest BCUT2D eigenvalue weighted by molar-refractivity contribution is 0.317. The van der Waals surface area contributed by atoms with E-state index in [4.69, 9.17) is 4.52 Å². The molecular weight excluding hydrogens is 413 g/mol. The Hall–Kier alpha value is -1.83. The third kappa shape index (κ3) is 3.17.